The van der Waals surface area contributed by atoms with E-state index < -0.39 is 0 Å². The van der Waals surface area contributed by atoms with Crippen molar-refractivity contribution < 1.29 is 0 Å². The second-order valence-corrected chi connectivity index (χ2v) is 7.39. The number of aromatic nitrogens is 3. The number of rotatable bonds is 6. The van der Waals surface area contributed by atoms with E-state index in [1.165, 1.54) is 5.56 Å². The average molecular weight is 390 g/mol. The minimum Gasteiger partial charge on any atom is -0.298 e. The maximum atomic E-state index is 6.26. The molecule has 0 radical (unpaired) electrons. The van der Waals surface area contributed by atoms with Crippen LogP contribution in [0.15, 0.2) is 60.3 Å². The maximum absolute atomic E-state index is 6.26. The van der Waals surface area contributed by atoms with Gasteiger partial charge in [0, 0.05) is 27.9 Å². The summed E-state index contributed by atoms with van der Waals surface area (Å²) in [6, 6.07) is 13.8. The van der Waals surface area contributed by atoms with Gasteiger partial charge in [0.2, 0.25) is 0 Å². The fraction of sp³-hybridized carbons (Fsp3) is 0.158. The van der Waals surface area contributed by atoms with Crippen LogP contribution in [0.1, 0.15) is 11.1 Å². The Hall–Kier alpha value is -1.75. The summed E-state index contributed by atoms with van der Waals surface area (Å²) in [7, 11) is 0. The van der Waals surface area contributed by atoms with Gasteiger partial charge >= 0.3 is 0 Å². The predicted octanol–water partition coefficient (Wildman–Crippen LogP) is 6.04. The molecule has 3 rings (SSSR count). The first-order valence-corrected chi connectivity index (χ1v) is 9.50. The molecule has 128 valence electrons. The van der Waals surface area contributed by atoms with Crippen molar-refractivity contribution in [1.29, 1.82) is 0 Å². The Labute approximate surface area is 161 Å². The summed E-state index contributed by atoms with van der Waals surface area (Å²) in [5.74, 6) is 1.53. The molecule has 0 aliphatic carbocycles. The van der Waals surface area contributed by atoms with Crippen LogP contribution < -0.4 is 0 Å². The molecule has 0 N–H and O–H groups in total. The molecule has 0 bridgehead atoms. The lowest BCUT2D eigenvalue weighted by Gasteiger charge is -2.09. The van der Waals surface area contributed by atoms with E-state index in [0.29, 0.717) is 22.3 Å². The maximum Gasteiger partial charge on any atom is 0.192 e. The monoisotopic (exact) mass is 389 g/mol. The first-order chi connectivity index (χ1) is 12.1. The zero-order valence-electron chi connectivity index (χ0n) is 13.7. The third-order valence-corrected chi connectivity index (χ3v) is 5.28. The van der Waals surface area contributed by atoms with Crippen LogP contribution in [0.5, 0.6) is 0 Å². The summed E-state index contributed by atoms with van der Waals surface area (Å²) in [6.07, 6.45) is 1.85. The molecule has 3 nitrogen and oxygen atoms in total. The lowest BCUT2D eigenvalue weighted by Crippen LogP contribution is -2.01. The molecule has 3 aromatic rings. The number of hydrogen-bond acceptors (Lipinski definition) is 3. The van der Waals surface area contributed by atoms with Crippen molar-refractivity contribution in [3.05, 3.63) is 76.3 Å². The van der Waals surface area contributed by atoms with E-state index in [9.17, 15) is 0 Å². The Morgan fingerprint density at radius 3 is 2.72 bits per heavy atom. The van der Waals surface area contributed by atoms with Gasteiger partial charge in [0.05, 0.1) is 0 Å². The van der Waals surface area contributed by atoms with E-state index in [1.807, 2.05) is 30.3 Å². The number of hydrogen-bond donors (Lipinski definition) is 0. The van der Waals surface area contributed by atoms with Gasteiger partial charge < -0.3 is 0 Å². The summed E-state index contributed by atoms with van der Waals surface area (Å²) in [5, 5.41) is 10.9. The number of aryl methyl sites for hydroxylation is 1. The number of allylic oxidation sites excluding steroid dienone is 1. The third kappa shape index (κ3) is 4.27. The SMILES string of the molecule is C=CCn1c(SCc2ccc(Cl)cc2Cl)nnc1-c1cccc(C)c1. The van der Waals surface area contributed by atoms with Crippen molar-refractivity contribution in [2.45, 2.75) is 24.4 Å². The van der Waals surface area contributed by atoms with Crippen molar-refractivity contribution in [3.63, 3.8) is 0 Å². The van der Waals surface area contributed by atoms with E-state index in [-0.39, 0.29) is 0 Å². The van der Waals surface area contributed by atoms with Gasteiger partial charge in [-0.25, -0.2) is 0 Å². The lowest BCUT2D eigenvalue weighted by atomic mass is 10.1. The molecule has 6 heteroatoms. The molecule has 0 aliphatic heterocycles. The second-order valence-electron chi connectivity index (χ2n) is 5.60. The Morgan fingerprint density at radius 1 is 1.16 bits per heavy atom. The molecule has 0 spiro atoms. The first-order valence-electron chi connectivity index (χ1n) is 7.76. The zero-order valence-corrected chi connectivity index (χ0v) is 16.1. The van der Waals surface area contributed by atoms with Gasteiger partial charge in [-0.3, -0.25) is 4.57 Å². The van der Waals surface area contributed by atoms with Crippen LogP contribution >= 0.6 is 35.0 Å². The van der Waals surface area contributed by atoms with E-state index in [1.54, 1.807) is 17.8 Å². The summed E-state index contributed by atoms with van der Waals surface area (Å²) in [6.45, 7) is 6.56. The van der Waals surface area contributed by atoms with Crippen LogP contribution in [-0.4, -0.2) is 14.8 Å². The second kappa shape index (κ2) is 8.09. The largest absolute Gasteiger partial charge is 0.298 e. The minimum atomic E-state index is 0.635. The summed E-state index contributed by atoms with van der Waals surface area (Å²) >= 11 is 13.8. The van der Waals surface area contributed by atoms with Crippen molar-refractivity contribution in [2.24, 2.45) is 0 Å². The average Bonchev–Trinajstić information content (AvgIpc) is 2.97. The van der Waals surface area contributed by atoms with Crippen LogP contribution in [0.2, 0.25) is 10.0 Å². The van der Waals surface area contributed by atoms with E-state index >= 15 is 0 Å². The third-order valence-electron chi connectivity index (χ3n) is 3.68. The molecule has 0 unspecified atom stereocenters. The summed E-state index contributed by atoms with van der Waals surface area (Å²) in [4.78, 5) is 0. The van der Waals surface area contributed by atoms with Crippen molar-refractivity contribution >= 4 is 35.0 Å². The van der Waals surface area contributed by atoms with Crippen LogP contribution in [0.25, 0.3) is 11.4 Å². The lowest BCUT2D eigenvalue weighted by molar-refractivity contribution is 0.731. The Bertz CT molecular complexity index is 905. The molecule has 1 aromatic heterocycles. The van der Waals surface area contributed by atoms with Gasteiger partial charge in [-0.05, 0) is 30.7 Å². The first kappa shape index (κ1) is 18.1. The van der Waals surface area contributed by atoms with Crippen LogP contribution in [0.4, 0.5) is 0 Å². The van der Waals surface area contributed by atoms with E-state index in [0.717, 1.165) is 22.1 Å². The van der Waals surface area contributed by atoms with Crippen LogP contribution in [0.3, 0.4) is 0 Å². The number of nitrogens with zero attached hydrogens (tertiary/aromatic N) is 3. The van der Waals surface area contributed by atoms with Crippen molar-refractivity contribution in [1.82, 2.24) is 14.8 Å². The number of halogens is 2. The van der Waals surface area contributed by atoms with E-state index in [4.69, 9.17) is 23.2 Å². The molecule has 0 saturated carbocycles. The normalized spacial score (nSPS) is 10.8. The fourth-order valence-electron chi connectivity index (χ4n) is 2.47. The quantitative estimate of drug-likeness (QED) is 0.380. The molecule has 25 heavy (non-hydrogen) atoms. The summed E-state index contributed by atoms with van der Waals surface area (Å²) < 4.78 is 2.07. The minimum absolute atomic E-state index is 0.635. The highest BCUT2D eigenvalue weighted by Crippen LogP contribution is 2.30. The topological polar surface area (TPSA) is 30.7 Å². The molecular formula is C19H17Cl2N3S. The number of benzene rings is 2. The van der Waals surface area contributed by atoms with Crippen molar-refractivity contribution in [2.75, 3.05) is 0 Å². The zero-order chi connectivity index (χ0) is 17.8. The number of thioether (sulfide) groups is 1. The fourth-order valence-corrected chi connectivity index (χ4v) is 3.97. The highest BCUT2D eigenvalue weighted by Gasteiger charge is 2.14. The molecule has 0 amide bonds. The molecule has 0 saturated heterocycles. The van der Waals surface area contributed by atoms with Gasteiger partial charge in [-0.1, -0.05) is 70.9 Å². The summed E-state index contributed by atoms with van der Waals surface area (Å²) in [5.41, 5.74) is 3.25. The Balaban J connectivity index is 1.87. The van der Waals surface area contributed by atoms with Gasteiger partial charge in [-0.15, -0.1) is 16.8 Å². The van der Waals surface area contributed by atoms with Gasteiger partial charge in [0.1, 0.15) is 0 Å². The smallest absolute Gasteiger partial charge is 0.192 e. The molecule has 0 aliphatic rings. The highest BCUT2D eigenvalue weighted by atomic mass is 35.5. The molecule has 0 atom stereocenters. The predicted molar refractivity (Wildman–Crippen MR) is 106 cm³/mol. The molecule has 0 fully saturated rings. The molecular weight excluding hydrogens is 373 g/mol. The Morgan fingerprint density at radius 2 is 2.00 bits per heavy atom. The van der Waals surface area contributed by atoms with Crippen molar-refractivity contribution in [3.8, 4) is 11.4 Å². The molecule has 2 aromatic carbocycles. The van der Waals surface area contributed by atoms with E-state index in [2.05, 4.69) is 40.4 Å². The molecule has 1 heterocycles. The van der Waals surface area contributed by atoms with Gasteiger partial charge in [0.25, 0.3) is 0 Å². The standard InChI is InChI=1S/C19H17Cl2N3S/c1-3-9-24-18(14-6-4-5-13(2)10-14)22-23-19(24)25-12-15-7-8-16(20)11-17(15)21/h3-8,10-11H,1,9,12H2,2H3. The van der Waals surface area contributed by atoms with Gasteiger partial charge in [-0.2, -0.15) is 0 Å². The van der Waals surface area contributed by atoms with Crippen LogP contribution in [-0.2, 0) is 12.3 Å². The Kier molecular flexibility index (Phi) is 5.84. The van der Waals surface area contributed by atoms with Gasteiger partial charge in [0.15, 0.2) is 11.0 Å². The van der Waals surface area contributed by atoms with Crippen LogP contribution in [0, 0.1) is 6.92 Å². The highest BCUT2D eigenvalue weighted by molar-refractivity contribution is 7.98.